The predicted octanol–water partition coefficient (Wildman–Crippen LogP) is 2.53. The van der Waals surface area contributed by atoms with E-state index in [1.165, 1.54) is 18.7 Å². The highest BCUT2D eigenvalue weighted by Gasteiger charge is 2.49. The Hall–Kier alpha value is -0.310. The number of aromatic nitrogens is 2. The van der Waals surface area contributed by atoms with Crippen molar-refractivity contribution in [2.75, 3.05) is 4.90 Å². The molecule has 0 radical (unpaired) electrons. The molecule has 5 unspecified atom stereocenters. The Balaban J connectivity index is 1.85. The summed E-state index contributed by atoms with van der Waals surface area (Å²) in [5.74, 6) is 2.49. The summed E-state index contributed by atoms with van der Waals surface area (Å²) in [5, 5.41) is 4.28. The largest absolute Gasteiger partial charge is 0.312 e. The van der Waals surface area contributed by atoms with E-state index in [-0.39, 0.29) is 6.17 Å². The number of imidazole rings is 1. The number of nitrogens with one attached hydrogen (secondary N) is 1. The van der Waals surface area contributed by atoms with E-state index in [9.17, 15) is 0 Å². The zero-order valence-electron chi connectivity index (χ0n) is 10.5. The van der Waals surface area contributed by atoms with Crippen molar-refractivity contribution in [2.45, 2.75) is 36.8 Å². The molecule has 102 valence electrons. The molecule has 5 atom stereocenters. The second-order valence-electron chi connectivity index (χ2n) is 5.74. The summed E-state index contributed by atoms with van der Waals surface area (Å²) in [5.41, 5.74) is 3.29. The third kappa shape index (κ3) is 1.69. The predicted molar refractivity (Wildman–Crippen MR) is 86.5 cm³/mol. The molecule has 0 aromatic carbocycles. The first kappa shape index (κ1) is 12.4. The van der Waals surface area contributed by atoms with Crippen LogP contribution in [0.15, 0.2) is 11.4 Å². The fraction of sp³-hybridized carbons (Fsp3) is 0.667. The molecule has 0 saturated heterocycles. The lowest BCUT2D eigenvalue weighted by Gasteiger charge is -2.48. The van der Waals surface area contributed by atoms with Crippen LogP contribution in [-0.2, 0) is 0 Å². The maximum atomic E-state index is 4.50. The molecule has 19 heavy (non-hydrogen) atoms. The van der Waals surface area contributed by atoms with Gasteiger partial charge in [0.15, 0.2) is 0 Å². The first-order valence-corrected chi connectivity index (χ1v) is 8.59. The fourth-order valence-electron chi connectivity index (χ4n) is 3.77. The molecular formula is C12H15BrIN5. The minimum atomic E-state index is 0.283. The molecule has 7 heteroatoms. The van der Waals surface area contributed by atoms with Crippen LogP contribution in [0.25, 0.3) is 0 Å². The second kappa shape index (κ2) is 4.34. The van der Waals surface area contributed by atoms with Gasteiger partial charge in [0.1, 0.15) is 22.0 Å². The standard InChI is InChI=1S/C12H15BrIN5/c1-6-2-7-9(8(13)3-6)18-4-15-10(14)12(18)19-5-16-17-11(7)19/h4-9,11,17H,2-3H2,1H3. The van der Waals surface area contributed by atoms with Gasteiger partial charge in [-0.15, -0.1) is 0 Å². The van der Waals surface area contributed by atoms with E-state index >= 15 is 0 Å². The van der Waals surface area contributed by atoms with Gasteiger partial charge in [0.05, 0.1) is 12.4 Å². The number of hydrazone groups is 1. The van der Waals surface area contributed by atoms with Crippen LogP contribution < -0.4 is 10.3 Å². The summed E-state index contributed by atoms with van der Waals surface area (Å²) in [7, 11) is 0. The summed E-state index contributed by atoms with van der Waals surface area (Å²) < 4.78 is 3.39. The van der Waals surface area contributed by atoms with Crippen molar-refractivity contribution in [1.82, 2.24) is 15.0 Å². The van der Waals surface area contributed by atoms with Crippen LogP contribution in [0.3, 0.4) is 0 Å². The Morgan fingerprint density at radius 3 is 3.16 bits per heavy atom. The molecule has 1 saturated carbocycles. The van der Waals surface area contributed by atoms with E-state index in [0.717, 1.165) is 9.62 Å². The maximum absolute atomic E-state index is 4.50. The SMILES string of the molecule is CC1CC(Br)C2C(C1)C1NN=CN1c1c(I)ncn12. The minimum Gasteiger partial charge on any atom is -0.312 e. The Bertz CT molecular complexity index is 544. The lowest BCUT2D eigenvalue weighted by Crippen LogP contribution is -2.55. The molecule has 3 heterocycles. The molecule has 3 aliphatic rings. The van der Waals surface area contributed by atoms with Crippen LogP contribution in [-0.4, -0.2) is 26.9 Å². The highest BCUT2D eigenvalue weighted by molar-refractivity contribution is 14.1. The van der Waals surface area contributed by atoms with Crippen molar-refractivity contribution >= 4 is 50.7 Å². The van der Waals surface area contributed by atoms with Crippen LogP contribution in [0.1, 0.15) is 25.8 Å². The van der Waals surface area contributed by atoms with Gasteiger partial charge in [0.25, 0.3) is 0 Å². The number of fused-ring (bicyclic) bond motifs is 6. The number of nitrogens with zero attached hydrogens (tertiary/aromatic N) is 4. The number of hydrogen-bond acceptors (Lipinski definition) is 4. The summed E-state index contributed by atoms with van der Waals surface area (Å²) in [6, 6.07) is 0.470. The summed E-state index contributed by atoms with van der Waals surface area (Å²) in [6.07, 6.45) is 6.63. The van der Waals surface area contributed by atoms with E-state index in [4.69, 9.17) is 0 Å². The number of halogens is 2. The van der Waals surface area contributed by atoms with Crippen LogP contribution in [0.2, 0.25) is 0 Å². The van der Waals surface area contributed by atoms with Crippen LogP contribution in [0, 0.1) is 15.5 Å². The van der Waals surface area contributed by atoms with Crippen LogP contribution in [0.4, 0.5) is 5.82 Å². The molecule has 1 N–H and O–H groups in total. The van der Waals surface area contributed by atoms with Crippen molar-refractivity contribution in [2.24, 2.45) is 16.9 Å². The number of anilines is 1. The lowest BCUT2D eigenvalue weighted by atomic mass is 9.76. The van der Waals surface area contributed by atoms with E-state index < -0.39 is 0 Å². The third-order valence-electron chi connectivity index (χ3n) is 4.50. The van der Waals surface area contributed by atoms with E-state index in [1.54, 1.807) is 0 Å². The molecule has 1 fully saturated rings. The fourth-order valence-corrected chi connectivity index (χ4v) is 5.74. The Kier molecular flexibility index (Phi) is 2.84. The molecule has 0 bridgehead atoms. The maximum Gasteiger partial charge on any atom is 0.149 e. The average molecular weight is 436 g/mol. The van der Waals surface area contributed by atoms with Gasteiger partial charge in [0, 0.05) is 10.7 Å². The Morgan fingerprint density at radius 2 is 2.32 bits per heavy atom. The lowest BCUT2D eigenvalue weighted by molar-refractivity contribution is 0.150. The van der Waals surface area contributed by atoms with Crippen molar-refractivity contribution in [1.29, 1.82) is 0 Å². The number of rotatable bonds is 0. The molecule has 4 rings (SSSR count). The zero-order valence-corrected chi connectivity index (χ0v) is 14.2. The van der Waals surface area contributed by atoms with E-state index in [2.05, 4.69) is 70.4 Å². The molecule has 1 aromatic heterocycles. The van der Waals surface area contributed by atoms with Gasteiger partial charge in [-0.3, -0.25) is 10.3 Å². The summed E-state index contributed by atoms with van der Waals surface area (Å²) >= 11 is 6.22. The van der Waals surface area contributed by atoms with Gasteiger partial charge in [0.2, 0.25) is 0 Å². The van der Waals surface area contributed by atoms with Gasteiger partial charge in [-0.05, 0) is 41.4 Å². The highest BCUT2D eigenvalue weighted by Crippen LogP contribution is 2.49. The van der Waals surface area contributed by atoms with E-state index in [0.29, 0.717) is 16.8 Å². The molecule has 1 aliphatic carbocycles. The summed E-state index contributed by atoms with van der Waals surface area (Å²) in [6.45, 7) is 2.35. The average Bonchev–Trinajstić information content (AvgIpc) is 2.95. The first-order chi connectivity index (χ1) is 9.16. The van der Waals surface area contributed by atoms with Crippen molar-refractivity contribution in [3.05, 3.63) is 10.0 Å². The van der Waals surface area contributed by atoms with Crippen molar-refractivity contribution in [3.8, 4) is 0 Å². The zero-order chi connectivity index (χ0) is 13.1. The topological polar surface area (TPSA) is 45.5 Å². The van der Waals surface area contributed by atoms with Gasteiger partial charge >= 0.3 is 0 Å². The quantitative estimate of drug-likeness (QED) is 0.503. The van der Waals surface area contributed by atoms with Gasteiger partial charge in [-0.25, -0.2) is 4.98 Å². The van der Waals surface area contributed by atoms with Crippen LogP contribution in [0.5, 0.6) is 0 Å². The van der Waals surface area contributed by atoms with Crippen molar-refractivity contribution in [3.63, 3.8) is 0 Å². The first-order valence-electron chi connectivity index (χ1n) is 6.60. The number of hydrogen-bond donors (Lipinski definition) is 1. The van der Waals surface area contributed by atoms with Crippen LogP contribution >= 0.6 is 38.5 Å². The molecule has 0 amide bonds. The van der Waals surface area contributed by atoms with Crippen molar-refractivity contribution < 1.29 is 0 Å². The summed E-state index contributed by atoms with van der Waals surface area (Å²) in [4.78, 5) is 7.25. The molecule has 1 aromatic rings. The minimum absolute atomic E-state index is 0.283. The smallest absolute Gasteiger partial charge is 0.149 e. The van der Waals surface area contributed by atoms with Gasteiger partial charge < -0.3 is 4.57 Å². The van der Waals surface area contributed by atoms with E-state index in [1.807, 2.05) is 12.7 Å². The van der Waals surface area contributed by atoms with Gasteiger partial charge in [-0.1, -0.05) is 22.9 Å². The Morgan fingerprint density at radius 1 is 1.47 bits per heavy atom. The molecule has 0 spiro atoms. The highest BCUT2D eigenvalue weighted by atomic mass is 127. The molecule has 5 nitrogen and oxygen atoms in total. The second-order valence-corrected chi connectivity index (χ2v) is 7.94. The molecular weight excluding hydrogens is 421 g/mol. The number of alkyl halides is 1. The normalized spacial score (nSPS) is 39.5. The Labute approximate surface area is 134 Å². The molecule has 2 aliphatic heterocycles. The monoisotopic (exact) mass is 435 g/mol. The van der Waals surface area contributed by atoms with Gasteiger partial charge in [-0.2, -0.15) is 5.10 Å². The third-order valence-corrected chi connectivity index (χ3v) is 6.17.